The van der Waals surface area contributed by atoms with Gasteiger partial charge in [-0.2, -0.15) is 0 Å². The first kappa shape index (κ1) is 40.5. The minimum absolute atomic E-state index is 0.148. The third-order valence-corrected chi connectivity index (χ3v) is 13.5. The number of anilines is 3. The number of nitrogens with zero attached hydrogens (tertiary/aromatic N) is 3. The first-order valence-corrected chi connectivity index (χ1v) is 23.1. The van der Waals surface area contributed by atoms with Gasteiger partial charge in [-0.1, -0.05) is 224 Å². The molecule has 10 aromatic rings. The fraction of sp³-hybridized carbons (Fsp3) is 0.0156. The monoisotopic (exact) mass is 868 g/mol. The predicted molar refractivity (Wildman–Crippen MR) is 282 cm³/mol. The van der Waals surface area contributed by atoms with Crippen LogP contribution in [0, 0.1) is 5.41 Å². The van der Waals surface area contributed by atoms with E-state index in [1.54, 1.807) is 0 Å². The fourth-order valence-electron chi connectivity index (χ4n) is 10.4. The second-order valence-corrected chi connectivity index (χ2v) is 17.3. The van der Waals surface area contributed by atoms with Gasteiger partial charge in [-0.05, 0) is 103 Å². The Morgan fingerprint density at radius 1 is 0.397 bits per heavy atom. The Kier molecular flexibility index (Phi) is 10.2. The SMILES string of the molecule is N=C(/N=C(\N=C\c1ccc(-c2ccccc2)cc1)c1ccccc1-c1ccc(-c2ccc3c(c2)C2(c4ccccc4-3)c3ccccc3N(c3ccccc3)c3ccccc32)cc1)c1ccccc1. The molecule has 0 unspecified atom stereocenters. The molecule has 0 saturated carbocycles. The summed E-state index contributed by atoms with van der Waals surface area (Å²) < 4.78 is 0. The van der Waals surface area contributed by atoms with Crippen LogP contribution in [0.5, 0.6) is 0 Å². The predicted octanol–water partition coefficient (Wildman–Crippen LogP) is 15.7. The Labute approximate surface area is 397 Å². The third-order valence-electron chi connectivity index (χ3n) is 13.5. The Morgan fingerprint density at radius 2 is 0.882 bits per heavy atom. The van der Waals surface area contributed by atoms with Crippen LogP contribution < -0.4 is 4.90 Å². The summed E-state index contributed by atoms with van der Waals surface area (Å²) in [7, 11) is 0. The van der Waals surface area contributed by atoms with Crippen LogP contribution in [-0.2, 0) is 5.41 Å². The van der Waals surface area contributed by atoms with Crippen LogP contribution in [0.1, 0.15) is 38.9 Å². The molecular formula is C64H44N4. The van der Waals surface area contributed by atoms with Crippen molar-refractivity contribution >= 4 is 34.9 Å². The van der Waals surface area contributed by atoms with Crippen molar-refractivity contribution < 1.29 is 0 Å². The van der Waals surface area contributed by atoms with Crippen LogP contribution in [-0.4, -0.2) is 17.9 Å². The van der Waals surface area contributed by atoms with Gasteiger partial charge in [0.25, 0.3) is 0 Å². The van der Waals surface area contributed by atoms with Crippen LogP contribution in [0.15, 0.2) is 265 Å². The van der Waals surface area contributed by atoms with E-state index >= 15 is 0 Å². The number of hydrogen-bond acceptors (Lipinski definition) is 2. The topological polar surface area (TPSA) is 51.8 Å². The molecule has 0 amide bonds. The molecule has 0 fully saturated rings. The smallest absolute Gasteiger partial charge is 0.162 e. The third kappa shape index (κ3) is 6.90. The summed E-state index contributed by atoms with van der Waals surface area (Å²) >= 11 is 0. The molecule has 4 nitrogen and oxygen atoms in total. The Bertz CT molecular complexity index is 3510. The summed E-state index contributed by atoms with van der Waals surface area (Å²) in [5, 5.41) is 9.05. The molecule has 0 aromatic heterocycles. The quantitative estimate of drug-likeness (QED) is 0.126. The highest BCUT2D eigenvalue weighted by Gasteiger charge is 2.51. The van der Waals surface area contributed by atoms with Crippen molar-refractivity contribution in [1.82, 2.24) is 0 Å². The Hall–Kier alpha value is -8.99. The Morgan fingerprint density at radius 3 is 1.57 bits per heavy atom. The van der Waals surface area contributed by atoms with Gasteiger partial charge in [0, 0.05) is 23.0 Å². The molecule has 1 heterocycles. The van der Waals surface area contributed by atoms with Crippen molar-refractivity contribution in [2.75, 3.05) is 4.90 Å². The molecule has 320 valence electrons. The van der Waals surface area contributed by atoms with Crippen molar-refractivity contribution in [2.24, 2.45) is 9.98 Å². The lowest BCUT2D eigenvalue weighted by atomic mass is 9.64. The lowest BCUT2D eigenvalue weighted by molar-refractivity contribution is 0.753. The lowest BCUT2D eigenvalue weighted by Gasteiger charge is -2.45. The molecule has 1 aliphatic carbocycles. The summed E-state index contributed by atoms with van der Waals surface area (Å²) in [6.45, 7) is 0. The highest BCUT2D eigenvalue weighted by Crippen LogP contribution is 2.63. The first-order valence-electron chi connectivity index (χ1n) is 23.1. The molecule has 0 bridgehead atoms. The summed E-state index contributed by atoms with van der Waals surface area (Å²) in [5.41, 5.74) is 19.7. The number of para-hydroxylation sites is 3. The second-order valence-electron chi connectivity index (χ2n) is 17.3. The van der Waals surface area contributed by atoms with Gasteiger partial charge in [-0.25, -0.2) is 9.98 Å². The average molecular weight is 869 g/mol. The largest absolute Gasteiger partial charge is 0.310 e. The molecule has 2 aliphatic rings. The van der Waals surface area contributed by atoms with E-state index in [1.807, 2.05) is 54.7 Å². The van der Waals surface area contributed by atoms with E-state index in [4.69, 9.17) is 15.4 Å². The normalized spacial score (nSPS) is 13.2. The van der Waals surface area contributed by atoms with Gasteiger partial charge in [-0.3, -0.25) is 5.41 Å². The number of rotatable bonds is 7. The molecule has 10 aromatic carbocycles. The molecule has 0 saturated heterocycles. The average Bonchev–Trinajstić information content (AvgIpc) is 3.70. The zero-order valence-electron chi connectivity index (χ0n) is 37.2. The number of fused-ring (bicyclic) bond motifs is 9. The van der Waals surface area contributed by atoms with E-state index in [9.17, 15) is 0 Å². The van der Waals surface area contributed by atoms with Crippen molar-refractivity contribution in [3.8, 4) is 44.5 Å². The highest BCUT2D eigenvalue weighted by atomic mass is 15.2. The fourth-order valence-corrected chi connectivity index (χ4v) is 10.4. The summed E-state index contributed by atoms with van der Waals surface area (Å²) in [6.07, 6.45) is 1.84. The summed E-state index contributed by atoms with van der Waals surface area (Å²) in [6, 6.07) is 90.0. The van der Waals surface area contributed by atoms with Gasteiger partial charge in [0.05, 0.1) is 16.8 Å². The van der Waals surface area contributed by atoms with E-state index in [2.05, 4.69) is 211 Å². The van der Waals surface area contributed by atoms with Crippen LogP contribution in [0.2, 0.25) is 0 Å². The summed E-state index contributed by atoms with van der Waals surface area (Å²) in [4.78, 5) is 12.3. The number of amidine groups is 2. The van der Waals surface area contributed by atoms with E-state index in [-0.39, 0.29) is 5.84 Å². The van der Waals surface area contributed by atoms with Gasteiger partial charge in [0.2, 0.25) is 0 Å². The minimum Gasteiger partial charge on any atom is -0.310 e. The summed E-state index contributed by atoms with van der Waals surface area (Å²) in [5.74, 6) is 0.614. The molecule has 4 heteroatoms. The standard InChI is InChI=1S/C64H44N4/c65-62(49-20-6-2-7-21-49)67-63(66-43-44-32-34-46(35-33-44)45-18-4-1-5-19-45)55-26-11-10-24-52(55)48-38-36-47(37-39-48)50-40-41-54-53-25-12-13-27-56(53)64(59(54)42-50)57-28-14-16-30-60(57)68(51-22-8-3-9-23-51)61-31-17-15-29-58(61)64/h1-43,65H/b65-62?,66-43+,67-63-. The molecule has 0 atom stereocenters. The van der Waals surface area contributed by atoms with Crippen LogP contribution in [0.3, 0.4) is 0 Å². The van der Waals surface area contributed by atoms with Crippen molar-refractivity contribution in [2.45, 2.75) is 5.41 Å². The molecule has 1 N–H and O–H groups in total. The molecule has 12 rings (SSSR count). The van der Waals surface area contributed by atoms with Crippen molar-refractivity contribution in [1.29, 1.82) is 5.41 Å². The number of aliphatic imine (C=N–C) groups is 2. The van der Waals surface area contributed by atoms with E-state index in [0.717, 1.165) is 55.8 Å². The number of nitrogens with one attached hydrogen (secondary N) is 1. The zero-order valence-corrected chi connectivity index (χ0v) is 37.2. The van der Waals surface area contributed by atoms with Crippen LogP contribution in [0.4, 0.5) is 17.1 Å². The Balaban J connectivity index is 0.938. The maximum absolute atomic E-state index is 9.05. The van der Waals surface area contributed by atoms with E-state index < -0.39 is 5.41 Å². The van der Waals surface area contributed by atoms with Gasteiger partial charge >= 0.3 is 0 Å². The van der Waals surface area contributed by atoms with Crippen molar-refractivity contribution in [3.63, 3.8) is 0 Å². The van der Waals surface area contributed by atoms with Gasteiger partial charge in [0.15, 0.2) is 11.7 Å². The van der Waals surface area contributed by atoms with Gasteiger partial charge < -0.3 is 4.90 Å². The second kappa shape index (κ2) is 17.1. The highest BCUT2D eigenvalue weighted by molar-refractivity contribution is 6.15. The van der Waals surface area contributed by atoms with E-state index in [0.29, 0.717) is 5.84 Å². The molecule has 1 aliphatic heterocycles. The number of hydrogen-bond donors (Lipinski definition) is 1. The molecule has 1 spiro atoms. The van der Waals surface area contributed by atoms with Crippen molar-refractivity contribution in [3.05, 3.63) is 294 Å². The van der Waals surface area contributed by atoms with Crippen LogP contribution in [0.25, 0.3) is 44.5 Å². The van der Waals surface area contributed by atoms with E-state index in [1.165, 1.54) is 44.8 Å². The first-order chi connectivity index (χ1) is 33.6. The zero-order chi connectivity index (χ0) is 45.4. The maximum Gasteiger partial charge on any atom is 0.162 e. The molecule has 68 heavy (non-hydrogen) atoms. The molecular weight excluding hydrogens is 825 g/mol. The minimum atomic E-state index is -0.535. The molecule has 0 radical (unpaired) electrons. The lowest BCUT2D eigenvalue weighted by Crippen LogP contribution is -2.36. The van der Waals surface area contributed by atoms with Gasteiger partial charge in [0.1, 0.15) is 0 Å². The van der Waals surface area contributed by atoms with Crippen LogP contribution >= 0.6 is 0 Å². The number of benzene rings is 10. The van der Waals surface area contributed by atoms with Gasteiger partial charge in [-0.15, -0.1) is 0 Å². The maximum atomic E-state index is 9.05.